The van der Waals surface area contributed by atoms with E-state index in [-0.39, 0.29) is 0 Å². The molecule has 10 nitrogen and oxygen atoms in total. The number of carbonyl (C=O) groups excluding carboxylic acids is 2. The molecule has 1 saturated heterocycles. The molecule has 0 unspecified atom stereocenters. The summed E-state index contributed by atoms with van der Waals surface area (Å²) in [5, 5.41) is 54.6. The van der Waals surface area contributed by atoms with Crippen LogP contribution in [0.25, 0.3) is 0 Å². The number of cyclic esters (lactones) is 1. The van der Waals surface area contributed by atoms with E-state index in [4.69, 9.17) is 10.2 Å². The zero-order valence-corrected chi connectivity index (χ0v) is 10.0. The molecule has 0 aromatic heterocycles. The molecule has 4 atom stereocenters. The van der Waals surface area contributed by atoms with E-state index < -0.39 is 61.1 Å². The highest BCUT2D eigenvalue weighted by atomic mass is 16.6. The van der Waals surface area contributed by atoms with Crippen LogP contribution in [-0.2, 0) is 19.1 Å². The van der Waals surface area contributed by atoms with E-state index in [1.807, 2.05) is 0 Å². The predicted molar refractivity (Wildman–Crippen MR) is 58.2 cm³/mol. The molecule has 0 aliphatic carbocycles. The first kappa shape index (κ1) is 16.2. The number of ether oxygens (including phenoxy) is 2. The number of hydrogen-bond donors (Lipinski definition) is 6. The van der Waals surface area contributed by atoms with Crippen molar-refractivity contribution in [1.29, 1.82) is 0 Å². The highest BCUT2D eigenvalue weighted by molar-refractivity contribution is 5.87. The van der Waals surface area contributed by atoms with Crippen LogP contribution in [0.5, 0.6) is 0 Å². The molecule has 1 rings (SSSR count). The van der Waals surface area contributed by atoms with Gasteiger partial charge in [-0.2, -0.15) is 0 Å². The highest BCUT2D eigenvalue weighted by Gasteiger charge is 2.39. The number of rotatable bonds is 5. The fourth-order valence-electron chi connectivity index (χ4n) is 1.31. The second-order valence-electron chi connectivity index (χ2n) is 3.95. The molecule has 1 fully saturated rings. The smallest absolute Gasteiger partial charge is 0.377 e. The Morgan fingerprint density at radius 2 is 2.00 bits per heavy atom. The summed E-state index contributed by atoms with van der Waals surface area (Å²) in [4.78, 5) is 22.2. The first-order valence-corrected chi connectivity index (χ1v) is 5.44. The van der Waals surface area contributed by atoms with Gasteiger partial charge in [0.05, 0.1) is 6.61 Å². The Morgan fingerprint density at radius 3 is 2.45 bits per heavy atom. The Hall–Kier alpha value is -1.88. The molecule has 0 radical (unpaired) electrons. The van der Waals surface area contributed by atoms with Crippen LogP contribution < -0.4 is 0 Å². The summed E-state index contributed by atoms with van der Waals surface area (Å²) >= 11 is 0. The standard InChI is InChI=1S/C10H14O10/c11-1-3(12)5(13)7(15)8(16)10(18)20-4-2-19-9(17)6(4)14/h3-6,11-16H,1-2H2/b8-7-/t3-,4-,5+,6-/m0/s1. The lowest BCUT2D eigenvalue weighted by Gasteiger charge is -2.16. The first-order chi connectivity index (χ1) is 9.29. The maximum Gasteiger partial charge on any atom is 0.377 e. The molecule has 1 aliphatic rings. The number of esters is 2. The minimum atomic E-state index is -2.11. The normalized spacial score (nSPS) is 26.5. The lowest BCUT2D eigenvalue weighted by atomic mass is 10.1. The SMILES string of the molecule is O=C(O[C@H]1COC(=O)[C@H]1O)/C(O)=C(/O)[C@H](O)[C@@H](O)CO. The van der Waals surface area contributed by atoms with E-state index in [0.29, 0.717) is 0 Å². The molecule has 10 heteroatoms. The van der Waals surface area contributed by atoms with Gasteiger partial charge in [-0.3, -0.25) is 0 Å². The Labute approximate surface area is 112 Å². The number of hydrogen-bond acceptors (Lipinski definition) is 10. The van der Waals surface area contributed by atoms with E-state index in [9.17, 15) is 30.0 Å². The molecule has 20 heavy (non-hydrogen) atoms. The zero-order valence-electron chi connectivity index (χ0n) is 10.0. The summed E-state index contributed by atoms with van der Waals surface area (Å²) in [6, 6.07) is 0. The first-order valence-electron chi connectivity index (χ1n) is 5.44. The van der Waals surface area contributed by atoms with Crippen LogP contribution in [-0.4, -0.2) is 80.2 Å². The Kier molecular flexibility index (Phi) is 5.27. The van der Waals surface area contributed by atoms with Crippen LogP contribution in [0, 0.1) is 0 Å². The molecule has 0 aromatic rings. The topological polar surface area (TPSA) is 174 Å². The third-order valence-electron chi connectivity index (χ3n) is 2.51. The molecule has 0 amide bonds. The minimum Gasteiger partial charge on any atom is -0.506 e. The van der Waals surface area contributed by atoms with Gasteiger partial charge in [0, 0.05) is 0 Å². The van der Waals surface area contributed by atoms with Gasteiger partial charge >= 0.3 is 11.9 Å². The van der Waals surface area contributed by atoms with Gasteiger partial charge in [0.1, 0.15) is 18.8 Å². The maximum atomic E-state index is 11.4. The molecule has 1 heterocycles. The number of aliphatic hydroxyl groups excluding tert-OH is 6. The quantitative estimate of drug-likeness (QED) is 0.173. The molecular weight excluding hydrogens is 280 g/mol. The summed E-state index contributed by atoms with van der Waals surface area (Å²) in [5.41, 5.74) is 0. The second-order valence-corrected chi connectivity index (χ2v) is 3.95. The molecule has 0 saturated carbocycles. The monoisotopic (exact) mass is 294 g/mol. The van der Waals surface area contributed by atoms with Crippen molar-refractivity contribution in [3.8, 4) is 0 Å². The fourth-order valence-corrected chi connectivity index (χ4v) is 1.31. The predicted octanol–water partition coefficient (Wildman–Crippen LogP) is -3.14. The third kappa shape index (κ3) is 3.36. The van der Waals surface area contributed by atoms with Crippen molar-refractivity contribution in [2.75, 3.05) is 13.2 Å². The Bertz CT molecular complexity index is 416. The van der Waals surface area contributed by atoms with Gasteiger partial charge < -0.3 is 40.1 Å². The van der Waals surface area contributed by atoms with Crippen molar-refractivity contribution in [3.05, 3.63) is 11.5 Å². The Morgan fingerprint density at radius 1 is 1.40 bits per heavy atom. The number of aliphatic hydroxyl groups is 6. The van der Waals surface area contributed by atoms with Crippen LogP contribution in [0.4, 0.5) is 0 Å². The van der Waals surface area contributed by atoms with E-state index in [2.05, 4.69) is 9.47 Å². The van der Waals surface area contributed by atoms with Crippen molar-refractivity contribution in [3.63, 3.8) is 0 Å². The summed E-state index contributed by atoms with van der Waals surface area (Å²) in [5.74, 6) is -5.31. The minimum absolute atomic E-state index is 0.429. The van der Waals surface area contributed by atoms with Gasteiger partial charge in [-0.15, -0.1) is 0 Å². The van der Waals surface area contributed by atoms with Crippen LogP contribution in [0.1, 0.15) is 0 Å². The van der Waals surface area contributed by atoms with Gasteiger partial charge in [-0.25, -0.2) is 9.59 Å². The van der Waals surface area contributed by atoms with Gasteiger partial charge in [0.15, 0.2) is 18.0 Å². The molecule has 0 bridgehead atoms. The van der Waals surface area contributed by atoms with Gasteiger partial charge in [0.25, 0.3) is 0 Å². The molecule has 0 aromatic carbocycles. The van der Waals surface area contributed by atoms with Gasteiger partial charge in [-0.05, 0) is 0 Å². The summed E-state index contributed by atoms with van der Waals surface area (Å²) in [6.45, 7) is -1.36. The van der Waals surface area contributed by atoms with E-state index >= 15 is 0 Å². The Balaban J connectivity index is 2.73. The number of carbonyl (C=O) groups is 2. The van der Waals surface area contributed by atoms with Crippen molar-refractivity contribution >= 4 is 11.9 Å². The van der Waals surface area contributed by atoms with Crippen molar-refractivity contribution in [2.24, 2.45) is 0 Å². The summed E-state index contributed by atoms with van der Waals surface area (Å²) < 4.78 is 8.86. The lowest BCUT2D eigenvalue weighted by Crippen LogP contribution is -2.35. The maximum absolute atomic E-state index is 11.4. The van der Waals surface area contributed by atoms with Crippen molar-refractivity contribution in [1.82, 2.24) is 0 Å². The second kappa shape index (κ2) is 6.52. The molecule has 1 aliphatic heterocycles. The van der Waals surface area contributed by atoms with Crippen LogP contribution in [0.15, 0.2) is 11.5 Å². The summed E-state index contributed by atoms with van der Waals surface area (Å²) in [7, 11) is 0. The third-order valence-corrected chi connectivity index (χ3v) is 2.51. The lowest BCUT2D eigenvalue weighted by molar-refractivity contribution is -0.153. The van der Waals surface area contributed by atoms with Gasteiger partial charge in [0.2, 0.25) is 5.76 Å². The van der Waals surface area contributed by atoms with Gasteiger partial charge in [-0.1, -0.05) is 0 Å². The van der Waals surface area contributed by atoms with Crippen LogP contribution in [0.2, 0.25) is 0 Å². The van der Waals surface area contributed by atoms with Crippen molar-refractivity contribution in [2.45, 2.75) is 24.4 Å². The highest BCUT2D eigenvalue weighted by Crippen LogP contribution is 2.15. The van der Waals surface area contributed by atoms with E-state index in [1.165, 1.54) is 0 Å². The largest absolute Gasteiger partial charge is 0.506 e. The van der Waals surface area contributed by atoms with E-state index in [0.717, 1.165) is 0 Å². The average Bonchev–Trinajstić information content (AvgIpc) is 2.75. The van der Waals surface area contributed by atoms with E-state index in [1.54, 1.807) is 0 Å². The molecular formula is C10H14O10. The molecule has 6 N–H and O–H groups in total. The zero-order chi connectivity index (χ0) is 15.4. The molecule has 0 spiro atoms. The summed E-state index contributed by atoms with van der Waals surface area (Å²) in [6.07, 6.45) is -7.03. The molecule has 114 valence electrons. The van der Waals surface area contributed by atoms with Crippen LogP contribution in [0.3, 0.4) is 0 Å². The average molecular weight is 294 g/mol. The van der Waals surface area contributed by atoms with Crippen molar-refractivity contribution < 1.29 is 49.7 Å². The van der Waals surface area contributed by atoms with Crippen LogP contribution >= 0.6 is 0 Å². The fraction of sp³-hybridized carbons (Fsp3) is 0.600.